The molecule has 0 saturated carbocycles. The van der Waals surface area contributed by atoms with Crippen LogP contribution in [0.2, 0.25) is 0 Å². The van der Waals surface area contributed by atoms with Gasteiger partial charge in [0.25, 0.3) is 0 Å². The van der Waals surface area contributed by atoms with Crippen LogP contribution in [0.25, 0.3) is 0 Å². The van der Waals surface area contributed by atoms with Crippen molar-refractivity contribution in [3.63, 3.8) is 0 Å². The topological polar surface area (TPSA) is 9.23 Å². The highest BCUT2D eigenvalue weighted by atomic mass is 16.5. The van der Waals surface area contributed by atoms with E-state index in [0.717, 1.165) is 12.0 Å². The Labute approximate surface area is 93.8 Å². The summed E-state index contributed by atoms with van der Waals surface area (Å²) >= 11 is 0. The van der Waals surface area contributed by atoms with E-state index in [4.69, 9.17) is 4.74 Å². The Balaban J connectivity index is 4.65. The average molecular weight is 206 g/mol. The summed E-state index contributed by atoms with van der Waals surface area (Å²) in [6.07, 6.45) is 8.73. The van der Waals surface area contributed by atoms with Gasteiger partial charge in [-0.2, -0.15) is 0 Å². The molecule has 0 aromatic carbocycles. The first kappa shape index (κ1) is 13.8. The smallest absolute Gasteiger partial charge is 0.120 e. The van der Waals surface area contributed by atoms with Crippen molar-refractivity contribution in [3.8, 4) is 0 Å². The van der Waals surface area contributed by atoms with Crippen molar-refractivity contribution < 1.29 is 4.74 Å². The van der Waals surface area contributed by atoms with Crippen LogP contribution >= 0.6 is 0 Å². The van der Waals surface area contributed by atoms with Gasteiger partial charge in [-0.15, -0.1) is 0 Å². The lowest BCUT2D eigenvalue weighted by molar-refractivity contribution is 0.0590. The summed E-state index contributed by atoms with van der Waals surface area (Å²) < 4.78 is 5.69. The molecular formula is C14H22O. The fourth-order valence-corrected chi connectivity index (χ4v) is 1.04. The molecule has 1 heteroatoms. The molecule has 0 aliphatic rings. The van der Waals surface area contributed by atoms with Crippen molar-refractivity contribution in [2.75, 3.05) is 0 Å². The minimum absolute atomic E-state index is 0.211. The van der Waals surface area contributed by atoms with Crippen molar-refractivity contribution in [1.82, 2.24) is 0 Å². The van der Waals surface area contributed by atoms with E-state index in [2.05, 4.69) is 26.2 Å². The fraction of sp³-hybridized carbons (Fsp3) is 0.429. The first-order chi connectivity index (χ1) is 6.90. The number of allylic oxidation sites excluding steroid dienone is 4. The normalized spacial score (nSPS) is 12.9. The Bertz CT molecular complexity index is 274. The zero-order chi connectivity index (χ0) is 11.9. The van der Waals surface area contributed by atoms with Gasteiger partial charge in [0.05, 0.1) is 0 Å². The molecule has 0 aromatic rings. The van der Waals surface area contributed by atoms with Gasteiger partial charge in [0.2, 0.25) is 0 Å². The van der Waals surface area contributed by atoms with E-state index in [1.165, 1.54) is 0 Å². The number of rotatable bonds is 5. The maximum atomic E-state index is 5.69. The zero-order valence-corrected chi connectivity index (χ0v) is 10.3. The summed E-state index contributed by atoms with van der Waals surface area (Å²) in [5, 5.41) is 0. The molecule has 0 spiro atoms. The van der Waals surface area contributed by atoms with E-state index in [-0.39, 0.29) is 5.60 Å². The van der Waals surface area contributed by atoms with Gasteiger partial charge in [-0.1, -0.05) is 44.4 Å². The highest BCUT2D eigenvalue weighted by Crippen LogP contribution is 2.19. The molecule has 0 unspecified atom stereocenters. The Hall–Kier alpha value is -1.24. The number of ether oxygens (including phenoxy) is 1. The molecular weight excluding hydrogens is 184 g/mol. The van der Waals surface area contributed by atoms with Gasteiger partial charge >= 0.3 is 0 Å². The quantitative estimate of drug-likeness (QED) is 0.478. The summed E-state index contributed by atoms with van der Waals surface area (Å²) in [6, 6.07) is 0. The van der Waals surface area contributed by atoms with Crippen LogP contribution in [-0.4, -0.2) is 5.60 Å². The van der Waals surface area contributed by atoms with Crippen LogP contribution in [0.1, 0.15) is 34.1 Å². The molecule has 0 saturated heterocycles. The van der Waals surface area contributed by atoms with Gasteiger partial charge < -0.3 is 4.74 Å². The molecule has 0 fully saturated rings. The average Bonchev–Trinajstić information content (AvgIpc) is 2.09. The molecule has 0 aliphatic carbocycles. The third-order valence-corrected chi connectivity index (χ3v) is 1.58. The molecule has 0 heterocycles. The summed E-state index contributed by atoms with van der Waals surface area (Å²) in [5.41, 5.74) is 0.763. The van der Waals surface area contributed by atoms with Crippen molar-refractivity contribution in [3.05, 3.63) is 48.8 Å². The van der Waals surface area contributed by atoms with Gasteiger partial charge in [0.15, 0.2) is 0 Å². The second-order valence-electron chi connectivity index (χ2n) is 4.31. The van der Waals surface area contributed by atoms with E-state index in [9.17, 15) is 0 Å². The van der Waals surface area contributed by atoms with Gasteiger partial charge in [-0.05, 0) is 27.2 Å². The molecule has 0 aliphatic heterocycles. The lowest BCUT2D eigenvalue weighted by Gasteiger charge is -2.23. The van der Waals surface area contributed by atoms with Crippen molar-refractivity contribution in [2.45, 2.75) is 39.7 Å². The highest BCUT2D eigenvalue weighted by molar-refractivity contribution is 5.36. The van der Waals surface area contributed by atoms with Crippen LogP contribution in [0.5, 0.6) is 0 Å². The first-order valence-electron chi connectivity index (χ1n) is 5.28. The molecule has 0 radical (unpaired) electrons. The monoisotopic (exact) mass is 206 g/mol. The predicted octanol–water partition coefficient (Wildman–Crippen LogP) is 4.39. The molecule has 15 heavy (non-hydrogen) atoms. The minimum atomic E-state index is -0.211. The standard InChI is InChI=1S/C14H22O/c1-7-9-11-13(10-8-2)12(3)15-14(4,5)6/h8-11H,2-3,7H2,1,4-6H3/b11-9-,13-10+. The maximum absolute atomic E-state index is 5.69. The van der Waals surface area contributed by atoms with Crippen LogP contribution < -0.4 is 0 Å². The van der Waals surface area contributed by atoms with Crippen LogP contribution in [0, 0.1) is 0 Å². The van der Waals surface area contributed by atoms with Crippen LogP contribution in [-0.2, 0) is 4.74 Å². The molecule has 84 valence electrons. The third kappa shape index (κ3) is 6.78. The number of hydrogen-bond donors (Lipinski definition) is 0. The van der Waals surface area contributed by atoms with E-state index in [0.29, 0.717) is 5.76 Å². The van der Waals surface area contributed by atoms with Crippen molar-refractivity contribution in [2.24, 2.45) is 0 Å². The van der Waals surface area contributed by atoms with Gasteiger partial charge in [-0.3, -0.25) is 0 Å². The maximum Gasteiger partial charge on any atom is 0.120 e. The molecule has 0 rings (SSSR count). The summed E-state index contributed by atoms with van der Waals surface area (Å²) in [4.78, 5) is 0. The van der Waals surface area contributed by atoms with E-state index >= 15 is 0 Å². The Kier molecular flexibility index (Phi) is 5.76. The van der Waals surface area contributed by atoms with Gasteiger partial charge in [0.1, 0.15) is 11.4 Å². The second-order valence-corrected chi connectivity index (χ2v) is 4.31. The van der Waals surface area contributed by atoms with Crippen molar-refractivity contribution in [1.29, 1.82) is 0 Å². The highest BCUT2D eigenvalue weighted by Gasteiger charge is 2.13. The van der Waals surface area contributed by atoms with E-state index in [1.807, 2.05) is 32.9 Å². The SMILES string of the molecule is C=C/C=C(\C=C/CC)C(=C)OC(C)(C)C. The largest absolute Gasteiger partial charge is 0.488 e. The van der Waals surface area contributed by atoms with Gasteiger partial charge in [0, 0.05) is 5.57 Å². The van der Waals surface area contributed by atoms with Crippen LogP contribution in [0.15, 0.2) is 48.8 Å². The summed E-state index contributed by atoms with van der Waals surface area (Å²) in [7, 11) is 0. The first-order valence-corrected chi connectivity index (χ1v) is 5.28. The fourth-order valence-electron chi connectivity index (χ4n) is 1.04. The molecule has 1 nitrogen and oxygen atoms in total. The van der Waals surface area contributed by atoms with Crippen LogP contribution in [0.4, 0.5) is 0 Å². The van der Waals surface area contributed by atoms with Crippen LogP contribution in [0.3, 0.4) is 0 Å². The lowest BCUT2D eigenvalue weighted by Crippen LogP contribution is -2.18. The molecule has 0 N–H and O–H groups in total. The lowest BCUT2D eigenvalue weighted by atomic mass is 10.1. The van der Waals surface area contributed by atoms with Gasteiger partial charge in [-0.25, -0.2) is 0 Å². The molecule has 0 bridgehead atoms. The summed E-state index contributed by atoms with van der Waals surface area (Å²) in [5.74, 6) is 0.687. The second kappa shape index (κ2) is 6.28. The molecule has 0 amide bonds. The summed E-state index contributed by atoms with van der Waals surface area (Å²) in [6.45, 7) is 15.7. The Morgan fingerprint density at radius 1 is 1.33 bits per heavy atom. The Morgan fingerprint density at radius 3 is 2.33 bits per heavy atom. The predicted molar refractivity (Wildman–Crippen MR) is 67.7 cm³/mol. The number of hydrogen-bond acceptors (Lipinski definition) is 1. The van der Waals surface area contributed by atoms with E-state index < -0.39 is 0 Å². The minimum Gasteiger partial charge on any atom is -0.488 e. The molecule has 0 atom stereocenters. The van der Waals surface area contributed by atoms with E-state index in [1.54, 1.807) is 6.08 Å². The Morgan fingerprint density at radius 2 is 1.93 bits per heavy atom. The molecule has 0 aromatic heterocycles. The zero-order valence-electron chi connectivity index (χ0n) is 10.3. The van der Waals surface area contributed by atoms with Crippen molar-refractivity contribution >= 4 is 0 Å². The third-order valence-electron chi connectivity index (χ3n) is 1.58.